The number of carbonyl (C=O) groups is 5. The molecule has 13 heteroatoms. The van der Waals surface area contributed by atoms with Gasteiger partial charge in [0.25, 0.3) is 23.4 Å². The van der Waals surface area contributed by atoms with E-state index in [2.05, 4.69) is 20.3 Å². The number of pyridine rings is 1. The molecule has 2 aromatic heterocycles. The third kappa shape index (κ3) is 7.72. The highest BCUT2D eigenvalue weighted by atomic mass is 16.7. The van der Waals surface area contributed by atoms with Gasteiger partial charge in [-0.2, -0.15) is 9.97 Å². The minimum absolute atomic E-state index is 0.0319. The van der Waals surface area contributed by atoms with E-state index in [0.29, 0.717) is 22.4 Å². The first kappa shape index (κ1) is 32.6. The van der Waals surface area contributed by atoms with Crippen molar-refractivity contribution in [3.05, 3.63) is 131 Å². The van der Waals surface area contributed by atoms with Gasteiger partial charge in [0.15, 0.2) is 0 Å². The van der Waals surface area contributed by atoms with Gasteiger partial charge in [0.2, 0.25) is 18.6 Å². The average molecular weight is 646 g/mol. The average Bonchev–Trinajstić information content (AvgIpc) is 3.11. The van der Waals surface area contributed by atoms with Crippen LogP contribution in [0.25, 0.3) is 11.3 Å². The van der Waals surface area contributed by atoms with Gasteiger partial charge in [-0.3, -0.25) is 24.2 Å². The number of esters is 1. The van der Waals surface area contributed by atoms with E-state index in [-0.39, 0.29) is 40.8 Å². The normalized spacial score (nSPS) is 10.4. The number of aromatic nitrogens is 3. The summed E-state index contributed by atoms with van der Waals surface area (Å²) in [5.74, 6) is -4.20. The lowest BCUT2D eigenvalue weighted by Gasteiger charge is -2.14. The topological polar surface area (TPSA) is 190 Å². The molecule has 240 valence electrons. The zero-order chi connectivity index (χ0) is 34.0. The number of Topliss-reactive ketones (excluding diaryl/α,β-unsaturated/α-hetero) is 2. The Hall–Kier alpha value is -6.76. The number of anilines is 1. The van der Waals surface area contributed by atoms with Gasteiger partial charge >= 0.3 is 5.97 Å². The van der Waals surface area contributed by atoms with Crippen molar-refractivity contribution < 1.29 is 38.2 Å². The van der Waals surface area contributed by atoms with Gasteiger partial charge in [-0.1, -0.05) is 60.7 Å². The Morgan fingerprint density at radius 3 is 2.21 bits per heavy atom. The molecule has 5 rings (SSSR count). The molecular weight excluding hydrogens is 618 g/mol. The van der Waals surface area contributed by atoms with Gasteiger partial charge in [0.1, 0.15) is 5.82 Å². The van der Waals surface area contributed by atoms with Crippen LogP contribution < -0.4 is 20.5 Å². The van der Waals surface area contributed by atoms with Crippen molar-refractivity contribution in [3.63, 3.8) is 0 Å². The Labute approximate surface area is 273 Å². The lowest BCUT2D eigenvalue weighted by atomic mass is 9.96. The first-order chi connectivity index (χ1) is 23.2. The number of primary amides is 1. The number of methoxy groups -OCH3 is 1. The highest BCUT2D eigenvalue weighted by molar-refractivity contribution is 6.49. The molecule has 5 aromatic rings. The van der Waals surface area contributed by atoms with Gasteiger partial charge in [-0.05, 0) is 35.9 Å². The molecule has 3 aromatic carbocycles. The molecule has 0 spiro atoms. The molecule has 3 N–H and O–H groups in total. The van der Waals surface area contributed by atoms with Crippen LogP contribution in [0.15, 0.2) is 103 Å². The van der Waals surface area contributed by atoms with E-state index < -0.39 is 36.1 Å². The number of para-hydroxylation sites is 1. The minimum Gasteiger partial charge on any atom is -0.481 e. The van der Waals surface area contributed by atoms with Gasteiger partial charge in [0.05, 0.1) is 35.7 Å². The number of ketones is 2. The molecular formula is C35H27N5O8. The Balaban J connectivity index is 1.37. The largest absolute Gasteiger partial charge is 0.481 e. The van der Waals surface area contributed by atoms with E-state index in [1.165, 1.54) is 49.7 Å². The second kappa shape index (κ2) is 15.0. The predicted molar refractivity (Wildman–Crippen MR) is 171 cm³/mol. The number of nitrogens with one attached hydrogen (secondary N) is 1. The van der Waals surface area contributed by atoms with Crippen LogP contribution in [0.1, 0.15) is 42.5 Å². The SMILES string of the molecule is COc1cc(OCOC(=O)c2ccccc2)nc(Cc2cccnc2-c2ccccc2C(=O)C(=O)Nc2ccccc2C(=O)C(N)=O)n1. The third-order valence-electron chi connectivity index (χ3n) is 6.86. The fourth-order valence-electron chi connectivity index (χ4n) is 4.61. The van der Waals surface area contributed by atoms with Crippen LogP contribution in [0.3, 0.4) is 0 Å². The first-order valence-electron chi connectivity index (χ1n) is 14.3. The Bertz CT molecular complexity index is 2020. The van der Waals surface area contributed by atoms with Crippen LogP contribution in [0.4, 0.5) is 5.69 Å². The number of carbonyl (C=O) groups excluding carboxylic acids is 5. The van der Waals surface area contributed by atoms with Crippen LogP contribution in [-0.4, -0.2) is 58.2 Å². The summed E-state index contributed by atoms with van der Waals surface area (Å²) in [4.78, 5) is 75.9. The Kier molecular flexibility index (Phi) is 10.2. The Morgan fingerprint density at radius 2 is 1.46 bits per heavy atom. The number of rotatable bonds is 13. The van der Waals surface area contributed by atoms with E-state index in [0.717, 1.165) is 0 Å². The number of benzene rings is 3. The molecule has 0 atom stereocenters. The fraction of sp³-hybridized carbons (Fsp3) is 0.0857. The zero-order valence-electron chi connectivity index (χ0n) is 25.4. The molecule has 48 heavy (non-hydrogen) atoms. The van der Waals surface area contributed by atoms with E-state index in [9.17, 15) is 24.0 Å². The summed E-state index contributed by atoms with van der Waals surface area (Å²) >= 11 is 0. The summed E-state index contributed by atoms with van der Waals surface area (Å²) < 4.78 is 16.1. The van der Waals surface area contributed by atoms with E-state index in [4.69, 9.17) is 19.9 Å². The molecule has 0 unspecified atom stereocenters. The van der Waals surface area contributed by atoms with E-state index in [1.807, 2.05) is 0 Å². The minimum atomic E-state index is -1.21. The summed E-state index contributed by atoms with van der Waals surface area (Å²) in [5.41, 5.74) is 6.67. The van der Waals surface area contributed by atoms with Gasteiger partial charge in [0, 0.05) is 23.7 Å². The molecule has 13 nitrogen and oxygen atoms in total. The monoisotopic (exact) mass is 645 g/mol. The zero-order valence-corrected chi connectivity index (χ0v) is 25.4. The summed E-state index contributed by atoms with van der Waals surface area (Å²) in [6.07, 6.45) is 1.64. The summed E-state index contributed by atoms with van der Waals surface area (Å²) in [5, 5.41) is 2.41. The highest BCUT2D eigenvalue weighted by Gasteiger charge is 2.25. The predicted octanol–water partition coefficient (Wildman–Crippen LogP) is 3.82. The summed E-state index contributed by atoms with van der Waals surface area (Å²) in [7, 11) is 1.43. The van der Waals surface area contributed by atoms with Gasteiger partial charge in [-0.15, -0.1) is 0 Å². The molecule has 0 bridgehead atoms. The lowest BCUT2D eigenvalue weighted by molar-refractivity contribution is -0.114. The number of hydrogen-bond acceptors (Lipinski definition) is 11. The van der Waals surface area contributed by atoms with E-state index in [1.54, 1.807) is 60.7 Å². The maximum atomic E-state index is 13.5. The van der Waals surface area contributed by atoms with Crippen molar-refractivity contribution in [1.82, 2.24) is 15.0 Å². The van der Waals surface area contributed by atoms with E-state index >= 15 is 0 Å². The van der Waals surface area contributed by atoms with Crippen LogP contribution >= 0.6 is 0 Å². The standard InChI is InChI=1S/C35H27N5O8/c1-46-28-19-29(47-20-48-35(45)21-10-3-2-4-11-21)40-27(39-28)18-22-12-9-17-37-30(22)23-13-5-6-14-24(23)32(42)34(44)38-26-16-8-7-15-25(26)31(41)33(36)43/h2-17,19H,18,20H2,1H3,(H2,36,43)(H,38,44). The number of nitrogens with zero attached hydrogens (tertiary/aromatic N) is 3. The second-order valence-electron chi connectivity index (χ2n) is 9.98. The van der Waals surface area contributed by atoms with Crippen LogP contribution in [0.2, 0.25) is 0 Å². The number of amides is 2. The maximum absolute atomic E-state index is 13.5. The van der Waals surface area contributed by atoms with Crippen molar-refractivity contribution in [2.45, 2.75) is 6.42 Å². The lowest BCUT2D eigenvalue weighted by Crippen LogP contribution is -2.27. The van der Waals surface area contributed by atoms with Gasteiger partial charge < -0.3 is 25.3 Å². The van der Waals surface area contributed by atoms with Crippen molar-refractivity contribution in [2.75, 3.05) is 19.2 Å². The molecule has 2 amide bonds. The summed E-state index contributed by atoms with van der Waals surface area (Å²) in [6.45, 7) is -0.413. The molecule has 0 aliphatic carbocycles. The maximum Gasteiger partial charge on any atom is 0.340 e. The fourth-order valence-corrected chi connectivity index (χ4v) is 4.61. The number of hydrogen-bond donors (Lipinski definition) is 2. The summed E-state index contributed by atoms with van der Waals surface area (Å²) in [6, 6.07) is 25.4. The molecule has 0 saturated heterocycles. The van der Waals surface area contributed by atoms with Crippen LogP contribution in [0, 0.1) is 0 Å². The van der Waals surface area contributed by atoms with Crippen molar-refractivity contribution in [3.8, 4) is 23.0 Å². The molecule has 2 heterocycles. The molecule has 0 aliphatic heterocycles. The smallest absolute Gasteiger partial charge is 0.340 e. The molecule has 0 fully saturated rings. The number of nitrogens with two attached hydrogens (primary N) is 1. The molecule has 0 radical (unpaired) electrons. The van der Waals surface area contributed by atoms with Crippen molar-refractivity contribution >= 4 is 35.0 Å². The van der Waals surface area contributed by atoms with Crippen LogP contribution in [-0.2, 0) is 20.7 Å². The van der Waals surface area contributed by atoms with Crippen molar-refractivity contribution in [2.24, 2.45) is 5.73 Å². The van der Waals surface area contributed by atoms with Crippen LogP contribution in [0.5, 0.6) is 11.8 Å². The number of ether oxygens (including phenoxy) is 3. The first-order valence-corrected chi connectivity index (χ1v) is 14.3. The van der Waals surface area contributed by atoms with Crippen molar-refractivity contribution in [1.29, 1.82) is 0 Å². The third-order valence-corrected chi connectivity index (χ3v) is 6.86. The molecule has 0 aliphatic rings. The highest BCUT2D eigenvalue weighted by Crippen LogP contribution is 2.28. The second-order valence-corrected chi connectivity index (χ2v) is 9.98. The van der Waals surface area contributed by atoms with Gasteiger partial charge in [-0.25, -0.2) is 4.79 Å². The molecule has 0 saturated carbocycles. The quantitative estimate of drug-likeness (QED) is 0.0819. The Morgan fingerprint density at radius 1 is 0.771 bits per heavy atom.